The van der Waals surface area contributed by atoms with Crippen LogP contribution in [0.3, 0.4) is 0 Å². The molecule has 3 heteroatoms. The highest BCUT2D eigenvalue weighted by molar-refractivity contribution is 9.10. The highest BCUT2D eigenvalue weighted by atomic mass is 79.9. The van der Waals surface area contributed by atoms with E-state index in [9.17, 15) is 0 Å². The minimum absolute atomic E-state index is 0.560. The van der Waals surface area contributed by atoms with E-state index in [1.165, 1.54) is 24.8 Å². The molecule has 1 atom stereocenters. The summed E-state index contributed by atoms with van der Waals surface area (Å²) in [6.45, 7) is 7.90. The Morgan fingerprint density at radius 1 is 1.20 bits per heavy atom. The van der Waals surface area contributed by atoms with E-state index in [1.807, 2.05) is 6.07 Å². The van der Waals surface area contributed by atoms with Gasteiger partial charge in [0.2, 0.25) is 0 Å². The summed E-state index contributed by atoms with van der Waals surface area (Å²) in [6, 6.07) is 6.96. The van der Waals surface area contributed by atoms with E-state index in [4.69, 9.17) is 4.74 Å². The predicted octanol–water partition coefficient (Wildman–Crippen LogP) is 4.80. The van der Waals surface area contributed by atoms with Crippen molar-refractivity contribution in [1.82, 2.24) is 5.32 Å². The Labute approximate surface area is 132 Å². The molecule has 0 aliphatic heterocycles. The molecular weight excluding hydrogens is 314 g/mol. The maximum Gasteiger partial charge on any atom is 0.133 e. The second-order valence-corrected chi connectivity index (χ2v) is 6.16. The van der Waals surface area contributed by atoms with Crippen molar-refractivity contribution in [2.24, 2.45) is 5.92 Å². The summed E-state index contributed by atoms with van der Waals surface area (Å²) in [7, 11) is 1.70. The van der Waals surface area contributed by atoms with Gasteiger partial charge in [0.1, 0.15) is 5.75 Å². The van der Waals surface area contributed by atoms with Gasteiger partial charge in [0.05, 0.1) is 11.6 Å². The number of methoxy groups -OCH3 is 1. The fourth-order valence-corrected chi connectivity index (χ4v) is 3.27. The molecule has 0 aliphatic rings. The van der Waals surface area contributed by atoms with Gasteiger partial charge in [-0.25, -0.2) is 0 Å². The van der Waals surface area contributed by atoms with Crippen LogP contribution in [0.4, 0.5) is 0 Å². The number of hydrogen-bond acceptors (Lipinski definition) is 2. The van der Waals surface area contributed by atoms with Gasteiger partial charge in [0, 0.05) is 6.04 Å². The van der Waals surface area contributed by atoms with Crippen molar-refractivity contribution in [2.45, 2.75) is 52.5 Å². The molecule has 0 fully saturated rings. The lowest BCUT2D eigenvalue weighted by molar-refractivity contribution is 0.332. The van der Waals surface area contributed by atoms with Crippen LogP contribution in [0.1, 0.15) is 45.6 Å². The Morgan fingerprint density at radius 2 is 1.90 bits per heavy atom. The van der Waals surface area contributed by atoms with Gasteiger partial charge >= 0.3 is 0 Å². The molecule has 2 nitrogen and oxygen atoms in total. The Hall–Kier alpha value is -0.540. The van der Waals surface area contributed by atoms with Crippen molar-refractivity contribution in [1.29, 1.82) is 0 Å². The second kappa shape index (κ2) is 9.41. The standard InChI is InChI=1S/C17H28BrNO/c1-5-10-19-16(14(6-2)7-3)12-13-8-9-17(20-4)15(18)11-13/h8-9,11,14,16,19H,5-7,10,12H2,1-4H3. The summed E-state index contributed by atoms with van der Waals surface area (Å²) in [6.07, 6.45) is 4.72. The van der Waals surface area contributed by atoms with Gasteiger partial charge in [0.25, 0.3) is 0 Å². The largest absolute Gasteiger partial charge is 0.496 e. The van der Waals surface area contributed by atoms with Crippen LogP contribution in [-0.2, 0) is 6.42 Å². The van der Waals surface area contributed by atoms with E-state index in [-0.39, 0.29) is 0 Å². The van der Waals surface area contributed by atoms with Crippen molar-refractivity contribution in [3.05, 3.63) is 28.2 Å². The first-order valence-electron chi connectivity index (χ1n) is 7.71. The minimum atomic E-state index is 0.560. The highest BCUT2D eigenvalue weighted by Gasteiger charge is 2.18. The molecule has 0 bridgehead atoms. The van der Waals surface area contributed by atoms with Gasteiger partial charge in [-0.1, -0.05) is 39.7 Å². The number of nitrogens with one attached hydrogen (secondary N) is 1. The molecule has 1 rings (SSSR count). The summed E-state index contributed by atoms with van der Waals surface area (Å²) >= 11 is 3.58. The number of hydrogen-bond donors (Lipinski definition) is 1. The Kier molecular flexibility index (Phi) is 8.24. The van der Waals surface area contributed by atoms with Crippen molar-refractivity contribution in [3.8, 4) is 5.75 Å². The number of rotatable bonds is 9. The lowest BCUT2D eigenvalue weighted by Crippen LogP contribution is -2.38. The van der Waals surface area contributed by atoms with Crippen LogP contribution in [-0.4, -0.2) is 19.7 Å². The van der Waals surface area contributed by atoms with E-state index >= 15 is 0 Å². The Bertz CT molecular complexity index is 391. The lowest BCUT2D eigenvalue weighted by atomic mass is 9.89. The zero-order valence-electron chi connectivity index (χ0n) is 13.2. The maximum absolute atomic E-state index is 5.30. The summed E-state index contributed by atoms with van der Waals surface area (Å²) in [5, 5.41) is 3.72. The molecular formula is C17H28BrNO. The molecule has 0 aliphatic carbocycles. The van der Waals surface area contributed by atoms with E-state index in [0.29, 0.717) is 6.04 Å². The molecule has 0 amide bonds. The third kappa shape index (κ3) is 5.10. The van der Waals surface area contributed by atoms with Crippen LogP contribution < -0.4 is 10.1 Å². The van der Waals surface area contributed by atoms with E-state index < -0.39 is 0 Å². The Morgan fingerprint density at radius 3 is 2.40 bits per heavy atom. The highest BCUT2D eigenvalue weighted by Crippen LogP contribution is 2.27. The minimum Gasteiger partial charge on any atom is -0.496 e. The molecule has 1 unspecified atom stereocenters. The molecule has 1 aromatic carbocycles. The SMILES string of the molecule is CCCNC(Cc1ccc(OC)c(Br)c1)C(CC)CC. The van der Waals surface area contributed by atoms with Gasteiger partial charge in [-0.3, -0.25) is 0 Å². The fourth-order valence-electron chi connectivity index (χ4n) is 2.68. The zero-order chi connectivity index (χ0) is 15.0. The quantitative estimate of drug-likeness (QED) is 0.696. The predicted molar refractivity (Wildman–Crippen MR) is 90.6 cm³/mol. The summed E-state index contributed by atoms with van der Waals surface area (Å²) in [5.74, 6) is 1.64. The molecule has 0 radical (unpaired) electrons. The van der Waals surface area contributed by atoms with Gasteiger partial charge in [-0.15, -0.1) is 0 Å². The van der Waals surface area contributed by atoms with Gasteiger partial charge in [0.15, 0.2) is 0 Å². The van der Waals surface area contributed by atoms with Gasteiger partial charge < -0.3 is 10.1 Å². The van der Waals surface area contributed by atoms with Crippen molar-refractivity contribution < 1.29 is 4.74 Å². The first kappa shape index (κ1) is 17.5. The van der Waals surface area contributed by atoms with Crippen molar-refractivity contribution in [2.75, 3.05) is 13.7 Å². The van der Waals surface area contributed by atoms with Crippen LogP contribution in [0.5, 0.6) is 5.75 Å². The monoisotopic (exact) mass is 341 g/mol. The van der Waals surface area contributed by atoms with E-state index in [1.54, 1.807) is 7.11 Å². The first-order chi connectivity index (χ1) is 9.65. The Balaban J connectivity index is 2.79. The molecule has 114 valence electrons. The topological polar surface area (TPSA) is 21.3 Å². The average Bonchev–Trinajstić information content (AvgIpc) is 2.46. The van der Waals surface area contributed by atoms with Crippen LogP contribution >= 0.6 is 15.9 Å². The van der Waals surface area contributed by atoms with Crippen LogP contribution in [0.15, 0.2) is 22.7 Å². The number of benzene rings is 1. The average molecular weight is 342 g/mol. The molecule has 0 spiro atoms. The smallest absolute Gasteiger partial charge is 0.133 e. The molecule has 0 saturated carbocycles. The van der Waals surface area contributed by atoms with Crippen molar-refractivity contribution in [3.63, 3.8) is 0 Å². The molecule has 0 aromatic heterocycles. The maximum atomic E-state index is 5.30. The molecule has 1 N–H and O–H groups in total. The third-order valence-corrected chi connectivity index (χ3v) is 4.57. The van der Waals surface area contributed by atoms with Crippen LogP contribution in [0, 0.1) is 5.92 Å². The van der Waals surface area contributed by atoms with Crippen LogP contribution in [0.25, 0.3) is 0 Å². The number of halogens is 1. The summed E-state index contributed by atoms with van der Waals surface area (Å²) in [5.41, 5.74) is 1.36. The van der Waals surface area contributed by atoms with Crippen LogP contribution in [0.2, 0.25) is 0 Å². The van der Waals surface area contributed by atoms with E-state index in [2.05, 4.69) is 54.2 Å². The zero-order valence-corrected chi connectivity index (χ0v) is 14.8. The summed E-state index contributed by atoms with van der Waals surface area (Å²) in [4.78, 5) is 0. The summed E-state index contributed by atoms with van der Waals surface area (Å²) < 4.78 is 6.34. The van der Waals surface area contributed by atoms with Gasteiger partial charge in [-0.2, -0.15) is 0 Å². The van der Waals surface area contributed by atoms with Gasteiger partial charge in [-0.05, 0) is 58.9 Å². The van der Waals surface area contributed by atoms with Crippen molar-refractivity contribution >= 4 is 15.9 Å². The lowest BCUT2D eigenvalue weighted by Gasteiger charge is -2.27. The third-order valence-electron chi connectivity index (χ3n) is 3.95. The molecule has 0 saturated heterocycles. The molecule has 20 heavy (non-hydrogen) atoms. The second-order valence-electron chi connectivity index (χ2n) is 5.31. The van der Waals surface area contributed by atoms with E-state index in [0.717, 1.165) is 29.1 Å². The fraction of sp³-hybridized carbons (Fsp3) is 0.647. The normalized spacial score (nSPS) is 12.7. The number of ether oxygens (including phenoxy) is 1. The first-order valence-corrected chi connectivity index (χ1v) is 8.51. The molecule has 0 heterocycles. The molecule has 1 aromatic rings.